The fraction of sp³-hybridized carbons (Fsp3) is 0.304. The molecule has 146 valence electrons. The van der Waals surface area contributed by atoms with E-state index in [9.17, 15) is 4.79 Å². The van der Waals surface area contributed by atoms with Crippen molar-refractivity contribution in [2.24, 2.45) is 0 Å². The normalized spacial score (nSPS) is 10.7. The summed E-state index contributed by atoms with van der Waals surface area (Å²) in [6.45, 7) is 6.96. The van der Waals surface area contributed by atoms with E-state index in [1.807, 2.05) is 49.4 Å². The SMILES string of the molecule is CCCCOc1ccc(Nc2c(C(=O)OCC)cnc3c(C)cccc23)cc1. The lowest BCUT2D eigenvalue weighted by molar-refractivity contribution is 0.0527. The van der Waals surface area contributed by atoms with Crippen LogP contribution in [0, 0.1) is 6.92 Å². The predicted octanol–water partition coefficient (Wildman–Crippen LogP) is 5.64. The molecule has 5 heteroatoms. The summed E-state index contributed by atoms with van der Waals surface area (Å²) in [6, 6.07) is 13.7. The van der Waals surface area contributed by atoms with Gasteiger partial charge < -0.3 is 14.8 Å². The van der Waals surface area contributed by atoms with Gasteiger partial charge >= 0.3 is 5.97 Å². The van der Waals surface area contributed by atoms with Gasteiger partial charge in [0, 0.05) is 17.3 Å². The zero-order chi connectivity index (χ0) is 19.9. The van der Waals surface area contributed by atoms with Crippen LogP contribution in [0.15, 0.2) is 48.7 Å². The summed E-state index contributed by atoms with van der Waals surface area (Å²) in [7, 11) is 0. The number of carbonyl (C=O) groups is 1. The van der Waals surface area contributed by atoms with Crippen LogP contribution in [0.5, 0.6) is 5.75 Å². The van der Waals surface area contributed by atoms with Gasteiger partial charge in [-0.1, -0.05) is 31.5 Å². The van der Waals surface area contributed by atoms with Crippen LogP contribution in [-0.4, -0.2) is 24.2 Å². The summed E-state index contributed by atoms with van der Waals surface area (Å²) in [5, 5.41) is 4.26. The first kappa shape index (κ1) is 19.7. The highest BCUT2D eigenvalue weighted by Crippen LogP contribution is 2.31. The fourth-order valence-corrected chi connectivity index (χ4v) is 2.98. The maximum atomic E-state index is 12.5. The standard InChI is InChI=1S/C23H26N2O3/c1-4-6-14-28-18-12-10-17(11-13-18)25-22-19-9-7-8-16(3)21(19)24-15-20(22)23(26)27-5-2/h7-13,15H,4-6,14H2,1-3H3,(H,24,25). The quantitative estimate of drug-likeness (QED) is 0.406. The number of rotatable bonds is 8. The molecule has 0 spiro atoms. The van der Waals surface area contributed by atoms with Gasteiger partial charge in [0.05, 0.1) is 24.4 Å². The lowest BCUT2D eigenvalue weighted by atomic mass is 10.1. The number of benzene rings is 2. The van der Waals surface area contributed by atoms with Crippen LogP contribution >= 0.6 is 0 Å². The molecule has 1 heterocycles. The van der Waals surface area contributed by atoms with E-state index in [0.29, 0.717) is 24.5 Å². The summed E-state index contributed by atoms with van der Waals surface area (Å²) in [5.41, 5.74) is 3.89. The van der Waals surface area contributed by atoms with E-state index in [1.165, 1.54) is 0 Å². The number of pyridine rings is 1. The summed E-state index contributed by atoms with van der Waals surface area (Å²) in [6.07, 6.45) is 3.72. The molecule has 5 nitrogen and oxygen atoms in total. The van der Waals surface area contributed by atoms with Crippen molar-refractivity contribution in [1.82, 2.24) is 4.98 Å². The molecular formula is C23H26N2O3. The minimum Gasteiger partial charge on any atom is -0.494 e. The molecule has 0 aliphatic carbocycles. The van der Waals surface area contributed by atoms with Gasteiger partial charge in [-0.25, -0.2) is 4.79 Å². The molecule has 3 rings (SSSR count). The minimum absolute atomic E-state index is 0.313. The average Bonchev–Trinajstić information content (AvgIpc) is 2.70. The molecule has 0 aliphatic rings. The Balaban J connectivity index is 1.95. The Morgan fingerprint density at radius 3 is 2.61 bits per heavy atom. The second-order valence-corrected chi connectivity index (χ2v) is 6.59. The number of anilines is 2. The van der Waals surface area contributed by atoms with E-state index < -0.39 is 0 Å². The summed E-state index contributed by atoms with van der Waals surface area (Å²) in [5.74, 6) is 0.445. The molecule has 0 saturated carbocycles. The van der Waals surface area contributed by atoms with Crippen molar-refractivity contribution in [1.29, 1.82) is 0 Å². The molecule has 1 aromatic heterocycles. The number of nitrogens with one attached hydrogen (secondary N) is 1. The van der Waals surface area contributed by atoms with Crippen LogP contribution in [0.4, 0.5) is 11.4 Å². The van der Waals surface area contributed by atoms with Crippen molar-refractivity contribution in [3.05, 3.63) is 59.8 Å². The first-order chi connectivity index (χ1) is 13.6. The number of fused-ring (bicyclic) bond motifs is 1. The van der Waals surface area contributed by atoms with E-state index in [4.69, 9.17) is 9.47 Å². The number of para-hydroxylation sites is 1. The molecule has 0 amide bonds. The fourth-order valence-electron chi connectivity index (χ4n) is 2.98. The third-order valence-corrected chi connectivity index (χ3v) is 4.48. The molecule has 0 bridgehead atoms. The monoisotopic (exact) mass is 378 g/mol. The second kappa shape index (κ2) is 9.22. The molecule has 3 aromatic rings. The smallest absolute Gasteiger partial charge is 0.341 e. The summed E-state index contributed by atoms with van der Waals surface area (Å²) < 4.78 is 10.9. The van der Waals surface area contributed by atoms with Gasteiger partial charge in [0.2, 0.25) is 0 Å². The predicted molar refractivity (Wildman–Crippen MR) is 113 cm³/mol. The number of nitrogens with zero attached hydrogens (tertiary/aromatic N) is 1. The van der Waals surface area contributed by atoms with Crippen molar-refractivity contribution < 1.29 is 14.3 Å². The molecular weight excluding hydrogens is 352 g/mol. The van der Waals surface area contributed by atoms with Crippen LogP contribution in [0.1, 0.15) is 42.6 Å². The molecule has 0 fully saturated rings. The third kappa shape index (κ3) is 4.42. The highest BCUT2D eigenvalue weighted by atomic mass is 16.5. The largest absolute Gasteiger partial charge is 0.494 e. The molecule has 0 unspecified atom stereocenters. The van der Waals surface area contributed by atoms with Gasteiger partial charge in [-0.3, -0.25) is 4.98 Å². The number of hydrogen-bond donors (Lipinski definition) is 1. The van der Waals surface area contributed by atoms with E-state index in [1.54, 1.807) is 13.1 Å². The van der Waals surface area contributed by atoms with Crippen LogP contribution in [-0.2, 0) is 4.74 Å². The first-order valence-electron chi connectivity index (χ1n) is 9.69. The molecule has 28 heavy (non-hydrogen) atoms. The van der Waals surface area contributed by atoms with E-state index in [-0.39, 0.29) is 5.97 Å². The van der Waals surface area contributed by atoms with Crippen LogP contribution in [0.2, 0.25) is 0 Å². The van der Waals surface area contributed by atoms with Crippen LogP contribution in [0.3, 0.4) is 0 Å². The molecule has 0 atom stereocenters. The second-order valence-electron chi connectivity index (χ2n) is 6.59. The van der Waals surface area contributed by atoms with Crippen LogP contribution in [0.25, 0.3) is 10.9 Å². The van der Waals surface area contributed by atoms with Crippen molar-refractivity contribution >= 4 is 28.2 Å². The summed E-state index contributed by atoms with van der Waals surface area (Å²) in [4.78, 5) is 16.9. The number of esters is 1. The Morgan fingerprint density at radius 1 is 1.11 bits per heavy atom. The number of carbonyl (C=O) groups excluding carboxylic acids is 1. The van der Waals surface area contributed by atoms with Gasteiger partial charge in [-0.2, -0.15) is 0 Å². The minimum atomic E-state index is -0.388. The van der Waals surface area contributed by atoms with Gasteiger partial charge in [0.15, 0.2) is 0 Å². The van der Waals surface area contributed by atoms with Crippen LogP contribution < -0.4 is 10.1 Å². The molecule has 0 saturated heterocycles. The Kier molecular flexibility index (Phi) is 6.48. The van der Waals surface area contributed by atoms with Crippen molar-refractivity contribution in [3.63, 3.8) is 0 Å². The maximum absolute atomic E-state index is 12.5. The zero-order valence-electron chi connectivity index (χ0n) is 16.6. The lowest BCUT2D eigenvalue weighted by Crippen LogP contribution is -2.09. The van der Waals surface area contributed by atoms with Gasteiger partial charge in [0.1, 0.15) is 11.3 Å². The highest BCUT2D eigenvalue weighted by Gasteiger charge is 2.17. The Labute approximate surface area is 165 Å². The van der Waals surface area contributed by atoms with E-state index >= 15 is 0 Å². The maximum Gasteiger partial charge on any atom is 0.341 e. The van der Waals surface area contributed by atoms with Gasteiger partial charge in [0.25, 0.3) is 0 Å². The average molecular weight is 378 g/mol. The van der Waals surface area contributed by atoms with Crippen molar-refractivity contribution in [2.75, 3.05) is 18.5 Å². The zero-order valence-corrected chi connectivity index (χ0v) is 16.6. The topological polar surface area (TPSA) is 60.5 Å². The van der Waals surface area contributed by atoms with Crippen molar-refractivity contribution in [2.45, 2.75) is 33.6 Å². The Hall–Kier alpha value is -3.08. The number of ether oxygens (including phenoxy) is 2. The molecule has 2 aromatic carbocycles. The Morgan fingerprint density at radius 2 is 1.89 bits per heavy atom. The van der Waals surface area contributed by atoms with Crippen molar-refractivity contribution in [3.8, 4) is 5.75 Å². The van der Waals surface area contributed by atoms with Gasteiger partial charge in [-0.05, 0) is 50.1 Å². The summed E-state index contributed by atoms with van der Waals surface area (Å²) >= 11 is 0. The van der Waals surface area contributed by atoms with E-state index in [0.717, 1.165) is 40.7 Å². The Bertz CT molecular complexity index is 952. The number of hydrogen-bond acceptors (Lipinski definition) is 5. The number of unbranched alkanes of at least 4 members (excludes halogenated alkanes) is 1. The van der Waals surface area contributed by atoms with Gasteiger partial charge in [-0.15, -0.1) is 0 Å². The lowest BCUT2D eigenvalue weighted by Gasteiger charge is -2.15. The molecule has 0 radical (unpaired) electrons. The molecule has 1 N–H and O–H groups in total. The number of aromatic nitrogens is 1. The molecule has 0 aliphatic heterocycles. The van der Waals surface area contributed by atoms with E-state index in [2.05, 4.69) is 17.2 Å². The third-order valence-electron chi connectivity index (χ3n) is 4.48. The highest BCUT2D eigenvalue weighted by molar-refractivity contribution is 6.06. The number of aryl methyl sites for hydroxylation is 1. The first-order valence-corrected chi connectivity index (χ1v) is 9.69.